The fraction of sp³-hybridized carbons (Fsp3) is 0.0526. The van der Waals surface area contributed by atoms with Gasteiger partial charge in [0.2, 0.25) is 0 Å². The first kappa shape index (κ1) is 17.5. The van der Waals surface area contributed by atoms with E-state index >= 15 is 0 Å². The van der Waals surface area contributed by atoms with Crippen LogP contribution in [0.25, 0.3) is 0 Å². The van der Waals surface area contributed by atoms with Crippen LogP contribution in [0.15, 0.2) is 65.2 Å². The van der Waals surface area contributed by atoms with Crippen LogP contribution in [-0.4, -0.2) is 23.1 Å². The van der Waals surface area contributed by atoms with Gasteiger partial charge in [-0.1, -0.05) is 6.07 Å². The number of amides is 1. The lowest BCUT2D eigenvalue weighted by molar-refractivity contribution is 0.0739. The van der Waals surface area contributed by atoms with Gasteiger partial charge in [-0.05, 0) is 60.3 Å². The summed E-state index contributed by atoms with van der Waals surface area (Å²) in [5.74, 6) is -0.286. The monoisotopic (exact) mass is 365 g/mol. The van der Waals surface area contributed by atoms with Crippen molar-refractivity contribution in [3.63, 3.8) is 0 Å². The van der Waals surface area contributed by atoms with Crippen molar-refractivity contribution in [1.29, 1.82) is 0 Å². The zero-order valence-corrected chi connectivity index (χ0v) is 14.7. The molecule has 1 N–H and O–H groups in total. The molecule has 0 unspecified atom stereocenters. The van der Waals surface area contributed by atoms with E-state index in [1.165, 1.54) is 23.7 Å². The van der Waals surface area contributed by atoms with Crippen LogP contribution in [-0.2, 0) is 0 Å². The molecule has 0 aliphatic rings. The maximum atomic E-state index is 11.9. The SMILES string of the molecule is Cc1ccc(C(=O)N/N=C/c2ccc(OC(=O)c3cccs3)cc2)cn1. The Kier molecular flexibility index (Phi) is 5.50. The van der Waals surface area contributed by atoms with Crippen LogP contribution < -0.4 is 10.2 Å². The number of rotatable bonds is 5. The number of pyridine rings is 1. The highest BCUT2D eigenvalue weighted by molar-refractivity contribution is 7.12. The Morgan fingerprint density at radius 3 is 2.62 bits per heavy atom. The molecule has 0 radical (unpaired) electrons. The first-order valence-electron chi connectivity index (χ1n) is 7.73. The lowest BCUT2D eigenvalue weighted by Gasteiger charge is -2.03. The number of esters is 1. The normalized spacial score (nSPS) is 10.7. The number of hydrazone groups is 1. The summed E-state index contributed by atoms with van der Waals surface area (Å²) in [6, 6.07) is 13.7. The first-order valence-corrected chi connectivity index (χ1v) is 8.61. The number of thiophene rings is 1. The molecular weight excluding hydrogens is 350 g/mol. The minimum atomic E-state index is -0.389. The lowest BCUT2D eigenvalue weighted by atomic mass is 10.2. The van der Waals surface area contributed by atoms with E-state index in [9.17, 15) is 9.59 Å². The van der Waals surface area contributed by atoms with E-state index < -0.39 is 0 Å². The molecule has 2 heterocycles. The molecule has 0 atom stereocenters. The van der Waals surface area contributed by atoms with Crippen molar-refractivity contribution in [3.05, 3.63) is 81.8 Å². The van der Waals surface area contributed by atoms with Crippen molar-refractivity contribution in [1.82, 2.24) is 10.4 Å². The minimum Gasteiger partial charge on any atom is -0.422 e. The number of nitrogens with zero attached hydrogens (tertiary/aromatic N) is 2. The molecule has 1 aromatic carbocycles. The molecule has 7 heteroatoms. The molecule has 0 fully saturated rings. The van der Waals surface area contributed by atoms with Crippen LogP contribution in [0.4, 0.5) is 0 Å². The minimum absolute atomic E-state index is 0.338. The van der Waals surface area contributed by atoms with Gasteiger partial charge in [0.15, 0.2) is 0 Å². The van der Waals surface area contributed by atoms with E-state index in [1.807, 2.05) is 12.3 Å². The second-order valence-corrected chi connectivity index (χ2v) is 6.27. The Balaban J connectivity index is 1.55. The average molecular weight is 365 g/mol. The lowest BCUT2D eigenvalue weighted by Crippen LogP contribution is -2.17. The van der Waals surface area contributed by atoms with Gasteiger partial charge in [-0.2, -0.15) is 5.10 Å². The number of aromatic nitrogens is 1. The predicted molar refractivity (Wildman–Crippen MR) is 99.8 cm³/mol. The summed E-state index contributed by atoms with van der Waals surface area (Å²) in [7, 11) is 0. The van der Waals surface area contributed by atoms with Gasteiger partial charge in [0.1, 0.15) is 10.6 Å². The number of aryl methyl sites for hydroxylation is 1. The summed E-state index contributed by atoms with van der Waals surface area (Å²) >= 11 is 1.33. The highest BCUT2D eigenvalue weighted by Crippen LogP contribution is 2.16. The van der Waals surface area contributed by atoms with Gasteiger partial charge >= 0.3 is 5.97 Å². The highest BCUT2D eigenvalue weighted by Gasteiger charge is 2.09. The Bertz CT molecular complexity index is 918. The number of hydrogen-bond acceptors (Lipinski definition) is 6. The number of ether oxygens (including phenoxy) is 1. The third-order valence-corrected chi connectivity index (χ3v) is 4.22. The van der Waals surface area contributed by atoms with Gasteiger partial charge in [0.05, 0.1) is 11.8 Å². The zero-order valence-electron chi connectivity index (χ0n) is 13.9. The smallest absolute Gasteiger partial charge is 0.353 e. The van der Waals surface area contributed by atoms with Gasteiger partial charge in [-0.15, -0.1) is 11.3 Å². The molecule has 6 nitrogen and oxygen atoms in total. The Morgan fingerprint density at radius 2 is 1.96 bits per heavy atom. The molecule has 0 bridgehead atoms. The van der Waals surface area contributed by atoms with E-state index in [1.54, 1.807) is 48.5 Å². The molecule has 0 aliphatic carbocycles. The molecule has 26 heavy (non-hydrogen) atoms. The van der Waals surface area contributed by atoms with Crippen molar-refractivity contribution in [2.75, 3.05) is 0 Å². The Morgan fingerprint density at radius 1 is 1.15 bits per heavy atom. The molecule has 0 aliphatic heterocycles. The van der Waals surface area contributed by atoms with Crippen LogP contribution in [0.2, 0.25) is 0 Å². The number of hydrogen-bond donors (Lipinski definition) is 1. The molecule has 0 spiro atoms. The fourth-order valence-corrected chi connectivity index (χ4v) is 2.60. The van der Waals surface area contributed by atoms with Crippen molar-refractivity contribution in [2.24, 2.45) is 5.10 Å². The predicted octanol–water partition coefficient (Wildman–Crippen LogP) is 3.43. The Labute approximate surface area is 154 Å². The van der Waals surface area contributed by atoms with E-state index in [0.717, 1.165) is 11.3 Å². The number of benzene rings is 1. The molecule has 3 aromatic rings. The van der Waals surface area contributed by atoms with E-state index in [-0.39, 0.29) is 11.9 Å². The summed E-state index contributed by atoms with van der Waals surface area (Å²) in [4.78, 5) is 28.4. The number of carbonyl (C=O) groups is 2. The summed E-state index contributed by atoms with van der Waals surface area (Å²) in [6.07, 6.45) is 3.00. The topological polar surface area (TPSA) is 80.6 Å². The highest BCUT2D eigenvalue weighted by atomic mass is 32.1. The second-order valence-electron chi connectivity index (χ2n) is 5.32. The van der Waals surface area contributed by atoms with Crippen LogP contribution in [0, 0.1) is 6.92 Å². The van der Waals surface area contributed by atoms with E-state index in [4.69, 9.17) is 4.74 Å². The van der Waals surface area contributed by atoms with Crippen LogP contribution in [0.5, 0.6) is 5.75 Å². The van der Waals surface area contributed by atoms with E-state index in [0.29, 0.717) is 16.2 Å². The van der Waals surface area contributed by atoms with E-state index in [2.05, 4.69) is 15.5 Å². The summed E-state index contributed by atoms with van der Waals surface area (Å²) < 4.78 is 5.27. The Hall–Kier alpha value is -3.32. The quantitative estimate of drug-likeness (QED) is 0.325. The number of nitrogens with one attached hydrogen (secondary N) is 1. The molecule has 1 amide bonds. The van der Waals surface area contributed by atoms with Crippen molar-refractivity contribution < 1.29 is 14.3 Å². The van der Waals surface area contributed by atoms with Crippen LogP contribution in [0.3, 0.4) is 0 Å². The van der Waals surface area contributed by atoms with Gasteiger partial charge in [-0.25, -0.2) is 10.2 Å². The third kappa shape index (κ3) is 4.61. The molecule has 0 saturated carbocycles. The maximum absolute atomic E-state index is 11.9. The molecule has 2 aromatic heterocycles. The second kappa shape index (κ2) is 8.17. The molecule has 0 saturated heterocycles. The summed E-state index contributed by atoms with van der Waals surface area (Å²) in [5.41, 5.74) is 4.46. The first-order chi connectivity index (χ1) is 12.6. The molecule has 130 valence electrons. The molecule has 3 rings (SSSR count). The third-order valence-electron chi connectivity index (χ3n) is 3.37. The molecular formula is C19H15N3O3S. The van der Waals surface area contributed by atoms with Crippen molar-refractivity contribution in [2.45, 2.75) is 6.92 Å². The maximum Gasteiger partial charge on any atom is 0.353 e. The van der Waals surface area contributed by atoms with Crippen molar-refractivity contribution in [3.8, 4) is 5.75 Å². The van der Waals surface area contributed by atoms with Gasteiger partial charge < -0.3 is 4.74 Å². The van der Waals surface area contributed by atoms with Gasteiger partial charge in [-0.3, -0.25) is 9.78 Å². The van der Waals surface area contributed by atoms with Gasteiger partial charge in [0, 0.05) is 11.9 Å². The van der Waals surface area contributed by atoms with Crippen LogP contribution >= 0.6 is 11.3 Å². The zero-order chi connectivity index (χ0) is 18.4. The van der Waals surface area contributed by atoms with Gasteiger partial charge in [0.25, 0.3) is 5.91 Å². The fourth-order valence-electron chi connectivity index (χ4n) is 2.01. The summed E-state index contributed by atoms with van der Waals surface area (Å²) in [5, 5.41) is 5.73. The number of carbonyl (C=O) groups excluding carboxylic acids is 2. The largest absolute Gasteiger partial charge is 0.422 e. The summed E-state index contributed by atoms with van der Waals surface area (Å²) in [6.45, 7) is 1.85. The van der Waals surface area contributed by atoms with Crippen molar-refractivity contribution >= 4 is 29.4 Å². The average Bonchev–Trinajstić information content (AvgIpc) is 3.18. The standard InChI is InChI=1S/C19H15N3O3S/c1-13-4-7-15(12-20-13)18(23)22-21-11-14-5-8-16(9-6-14)25-19(24)17-3-2-10-26-17/h2-12H,1H3,(H,22,23)/b21-11+. The van der Waals surface area contributed by atoms with Crippen LogP contribution in [0.1, 0.15) is 31.3 Å².